The third-order valence-corrected chi connectivity index (χ3v) is 3.90. The number of hydrogen-bond acceptors (Lipinski definition) is 3. The van der Waals surface area contributed by atoms with Crippen molar-refractivity contribution in [2.24, 2.45) is 5.92 Å². The van der Waals surface area contributed by atoms with Crippen LogP contribution in [0.15, 0.2) is 0 Å². The van der Waals surface area contributed by atoms with Gasteiger partial charge in [-0.1, -0.05) is 20.8 Å². The lowest BCUT2D eigenvalue weighted by molar-refractivity contribution is 0.329. The first kappa shape index (κ1) is 14.5. The van der Waals surface area contributed by atoms with Gasteiger partial charge >= 0.3 is 0 Å². The molecule has 0 spiro atoms. The molecular formula is C15H28N4. The standard InChI is InChI=1S/C15H28N4/c1-5-18(4)8-9-19-14-6-7-16-11-13(14)17-15(19)10-12(2)3/h12,16H,5-11H2,1-4H3. The van der Waals surface area contributed by atoms with E-state index in [9.17, 15) is 0 Å². The van der Waals surface area contributed by atoms with Crippen LogP contribution in [0.25, 0.3) is 0 Å². The van der Waals surface area contributed by atoms with Crippen molar-refractivity contribution >= 4 is 0 Å². The third-order valence-electron chi connectivity index (χ3n) is 3.90. The number of fused-ring (bicyclic) bond motifs is 1. The number of imidazole rings is 1. The Morgan fingerprint density at radius 3 is 2.89 bits per heavy atom. The number of nitrogens with zero attached hydrogens (tertiary/aromatic N) is 3. The Labute approximate surface area is 117 Å². The van der Waals surface area contributed by atoms with Crippen molar-refractivity contribution in [1.29, 1.82) is 0 Å². The fourth-order valence-electron chi connectivity index (χ4n) is 2.64. The van der Waals surface area contributed by atoms with E-state index < -0.39 is 0 Å². The van der Waals surface area contributed by atoms with Crippen molar-refractivity contribution in [3.63, 3.8) is 0 Å². The van der Waals surface area contributed by atoms with Gasteiger partial charge in [0.05, 0.1) is 5.69 Å². The Balaban J connectivity index is 2.19. The molecule has 4 nitrogen and oxygen atoms in total. The van der Waals surface area contributed by atoms with Crippen LogP contribution in [0.1, 0.15) is 38.0 Å². The fraction of sp³-hybridized carbons (Fsp3) is 0.800. The number of hydrogen-bond donors (Lipinski definition) is 1. The van der Waals surface area contributed by atoms with Crippen LogP contribution in [-0.2, 0) is 25.9 Å². The van der Waals surface area contributed by atoms with E-state index in [-0.39, 0.29) is 0 Å². The first-order chi connectivity index (χ1) is 9.11. The van der Waals surface area contributed by atoms with Crippen LogP contribution in [0, 0.1) is 5.92 Å². The molecule has 0 aliphatic carbocycles. The predicted octanol–water partition coefficient (Wildman–Crippen LogP) is 1.68. The average molecular weight is 264 g/mol. The summed E-state index contributed by atoms with van der Waals surface area (Å²) in [4.78, 5) is 7.24. The molecule has 0 aromatic carbocycles. The molecule has 1 aromatic heterocycles. The number of nitrogens with one attached hydrogen (secondary N) is 1. The quantitative estimate of drug-likeness (QED) is 0.848. The van der Waals surface area contributed by atoms with Crippen LogP contribution in [-0.4, -0.2) is 41.1 Å². The molecule has 1 aliphatic heterocycles. The van der Waals surface area contributed by atoms with Crippen LogP contribution < -0.4 is 5.32 Å². The normalized spacial score (nSPS) is 15.3. The second kappa shape index (κ2) is 6.53. The monoisotopic (exact) mass is 264 g/mol. The maximum atomic E-state index is 4.88. The minimum absolute atomic E-state index is 0.666. The van der Waals surface area contributed by atoms with Gasteiger partial charge in [-0.05, 0) is 19.5 Å². The Bertz CT molecular complexity index is 409. The van der Waals surface area contributed by atoms with Crippen LogP contribution in [0.5, 0.6) is 0 Å². The van der Waals surface area contributed by atoms with E-state index in [1.807, 2.05) is 0 Å². The largest absolute Gasteiger partial charge is 0.330 e. The van der Waals surface area contributed by atoms with E-state index in [0.29, 0.717) is 5.92 Å². The molecule has 1 aliphatic rings. The van der Waals surface area contributed by atoms with Gasteiger partial charge in [-0.15, -0.1) is 0 Å². The highest BCUT2D eigenvalue weighted by Crippen LogP contribution is 2.18. The summed E-state index contributed by atoms with van der Waals surface area (Å²) in [5, 5.41) is 3.42. The molecular weight excluding hydrogens is 236 g/mol. The molecule has 108 valence electrons. The molecule has 2 heterocycles. The van der Waals surface area contributed by atoms with Crippen molar-refractivity contribution in [2.45, 2.75) is 46.7 Å². The predicted molar refractivity (Wildman–Crippen MR) is 79.4 cm³/mol. The van der Waals surface area contributed by atoms with E-state index in [1.165, 1.54) is 17.2 Å². The molecule has 1 N–H and O–H groups in total. The first-order valence-electron chi connectivity index (χ1n) is 7.58. The summed E-state index contributed by atoms with van der Waals surface area (Å²) in [7, 11) is 2.19. The molecule has 0 unspecified atom stereocenters. The summed E-state index contributed by atoms with van der Waals surface area (Å²) in [6, 6.07) is 0. The molecule has 1 aromatic rings. The van der Waals surface area contributed by atoms with Gasteiger partial charge in [0, 0.05) is 44.7 Å². The van der Waals surface area contributed by atoms with Gasteiger partial charge in [0.25, 0.3) is 0 Å². The maximum Gasteiger partial charge on any atom is 0.109 e. The van der Waals surface area contributed by atoms with Gasteiger partial charge in [-0.3, -0.25) is 0 Å². The Hall–Kier alpha value is -0.870. The summed E-state index contributed by atoms with van der Waals surface area (Å²) in [6.45, 7) is 12.1. The Morgan fingerprint density at radius 1 is 1.42 bits per heavy atom. The van der Waals surface area contributed by atoms with E-state index in [1.54, 1.807) is 0 Å². The number of rotatable bonds is 6. The summed E-state index contributed by atoms with van der Waals surface area (Å²) < 4.78 is 2.49. The minimum atomic E-state index is 0.666. The van der Waals surface area contributed by atoms with Gasteiger partial charge < -0.3 is 14.8 Å². The summed E-state index contributed by atoms with van der Waals surface area (Å²) in [5.41, 5.74) is 2.75. The maximum absolute atomic E-state index is 4.88. The Morgan fingerprint density at radius 2 is 2.21 bits per heavy atom. The smallest absolute Gasteiger partial charge is 0.109 e. The lowest BCUT2D eigenvalue weighted by Gasteiger charge is -2.19. The topological polar surface area (TPSA) is 33.1 Å². The molecule has 0 bridgehead atoms. The second-order valence-corrected chi connectivity index (χ2v) is 5.99. The van der Waals surface area contributed by atoms with Crippen molar-refractivity contribution in [1.82, 2.24) is 19.8 Å². The molecule has 19 heavy (non-hydrogen) atoms. The highest BCUT2D eigenvalue weighted by atomic mass is 15.2. The van der Waals surface area contributed by atoms with Gasteiger partial charge in [0.1, 0.15) is 5.82 Å². The molecule has 0 saturated carbocycles. The Kier molecular flexibility index (Phi) is 4.99. The zero-order valence-electron chi connectivity index (χ0n) is 12.9. The number of aromatic nitrogens is 2. The summed E-state index contributed by atoms with van der Waals surface area (Å²) in [5.74, 6) is 1.95. The van der Waals surface area contributed by atoms with Crippen molar-refractivity contribution in [3.8, 4) is 0 Å². The van der Waals surface area contributed by atoms with E-state index in [0.717, 1.165) is 45.6 Å². The van der Waals surface area contributed by atoms with Crippen LogP contribution in [0.4, 0.5) is 0 Å². The second-order valence-electron chi connectivity index (χ2n) is 5.99. The van der Waals surface area contributed by atoms with Crippen LogP contribution in [0.3, 0.4) is 0 Å². The molecule has 0 radical (unpaired) electrons. The molecule has 4 heteroatoms. The molecule has 0 atom stereocenters. The van der Waals surface area contributed by atoms with E-state index in [4.69, 9.17) is 4.98 Å². The van der Waals surface area contributed by atoms with Crippen molar-refractivity contribution in [2.75, 3.05) is 26.7 Å². The zero-order valence-corrected chi connectivity index (χ0v) is 12.9. The van der Waals surface area contributed by atoms with Crippen LogP contribution >= 0.6 is 0 Å². The van der Waals surface area contributed by atoms with E-state index >= 15 is 0 Å². The van der Waals surface area contributed by atoms with Gasteiger partial charge in [-0.2, -0.15) is 0 Å². The fourth-order valence-corrected chi connectivity index (χ4v) is 2.64. The lowest BCUT2D eigenvalue weighted by atomic mass is 10.1. The third kappa shape index (κ3) is 3.57. The minimum Gasteiger partial charge on any atom is -0.330 e. The molecule has 0 fully saturated rings. The van der Waals surface area contributed by atoms with Gasteiger partial charge in [0.15, 0.2) is 0 Å². The highest BCUT2D eigenvalue weighted by Gasteiger charge is 2.20. The van der Waals surface area contributed by atoms with Gasteiger partial charge in [-0.25, -0.2) is 4.98 Å². The van der Waals surface area contributed by atoms with E-state index in [2.05, 4.69) is 42.6 Å². The lowest BCUT2D eigenvalue weighted by Crippen LogP contribution is -2.28. The van der Waals surface area contributed by atoms with Crippen LogP contribution in [0.2, 0.25) is 0 Å². The molecule has 0 saturated heterocycles. The average Bonchev–Trinajstić information content (AvgIpc) is 2.72. The summed E-state index contributed by atoms with van der Waals surface area (Å²) >= 11 is 0. The molecule has 0 amide bonds. The van der Waals surface area contributed by atoms with Crippen molar-refractivity contribution < 1.29 is 0 Å². The zero-order chi connectivity index (χ0) is 13.8. The van der Waals surface area contributed by atoms with Crippen molar-refractivity contribution in [3.05, 3.63) is 17.2 Å². The number of likely N-dealkylation sites (N-methyl/N-ethyl adjacent to an activating group) is 1. The molecule has 2 rings (SSSR count). The highest BCUT2D eigenvalue weighted by molar-refractivity contribution is 5.20. The summed E-state index contributed by atoms with van der Waals surface area (Å²) in [6.07, 6.45) is 2.21. The van der Waals surface area contributed by atoms with Gasteiger partial charge in [0.2, 0.25) is 0 Å². The SMILES string of the molecule is CCN(C)CCn1c(CC(C)C)nc2c1CCNC2. The first-order valence-corrected chi connectivity index (χ1v) is 7.58.